The van der Waals surface area contributed by atoms with Crippen LogP contribution >= 0.6 is 0 Å². The van der Waals surface area contributed by atoms with Crippen LogP contribution in [-0.4, -0.2) is 38.1 Å². The SMILES string of the molecule is Cc1cccc(OCCNC(=O)CCN2C(=O)COc3ccccc32)c1. The highest BCUT2D eigenvalue weighted by Crippen LogP contribution is 2.31. The molecule has 2 aromatic rings. The lowest BCUT2D eigenvalue weighted by atomic mass is 10.2. The second kappa shape index (κ2) is 8.38. The van der Waals surface area contributed by atoms with E-state index in [1.54, 1.807) is 4.90 Å². The Balaban J connectivity index is 1.42. The van der Waals surface area contributed by atoms with Crippen LogP contribution in [0.15, 0.2) is 48.5 Å². The number of hydrogen-bond donors (Lipinski definition) is 1. The molecule has 0 bridgehead atoms. The summed E-state index contributed by atoms with van der Waals surface area (Å²) in [4.78, 5) is 25.7. The lowest BCUT2D eigenvalue weighted by Gasteiger charge is -2.29. The number of hydrogen-bond acceptors (Lipinski definition) is 4. The predicted octanol–water partition coefficient (Wildman–Crippen LogP) is 2.31. The Bertz CT molecular complexity index is 791. The summed E-state index contributed by atoms with van der Waals surface area (Å²) in [5.74, 6) is 1.20. The molecule has 0 aromatic heterocycles. The number of para-hydroxylation sites is 2. The van der Waals surface area contributed by atoms with Crippen molar-refractivity contribution in [1.82, 2.24) is 5.32 Å². The normalized spacial score (nSPS) is 13.0. The number of nitrogens with one attached hydrogen (secondary N) is 1. The fraction of sp³-hybridized carbons (Fsp3) is 0.300. The second-order valence-electron chi connectivity index (χ2n) is 6.07. The van der Waals surface area contributed by atoms with Crippen molar-refractivity contribution in [3.63, 3.8) is 0 Å². The van der Waals surface area contributed by atoms with E-state index in [2.05, 4.69) is 5.32 Å². The van der Waals surface area contributed by atoms with Gasteiger partial charge in [-0.05, 0) is 36.8 Å². The van der Waals surface area contributed by atoms with Gasteiger partial charge in [0.15, 0.2) is 6.61 Å². The minimum atomic E-state index is -0.140. The summed E-state index contributed by atoms with van der Waals surface area (Å²) < 4.78 is 11.0. The smallest absolute Gasteiger partial charge is 0.265 e. The third-order valence-corrected chi connectivity index (χ3v) is 4.05. The Morgan fingerprint density at radius 1 is 1.23 bits per heavy atom. The first-order chi connectivity index (χ1) is 12.6. The second-order valence-corrected chi connectivity index (χ2v) is 6.07. The Morgan fingerprint density at radius 3 is 2.92 bits per heavy atom. The van der Waals surface area contributed by atoms with E-state index in [1.807, 2.05) is 55.5 Å². The van der Waals surface area contributed by atoms with Gasteiger partial charge in [-0.15, -0.1) is 0 Å². The van der Waals surface area contributed by atoms with E-state index < -0.39 is 0 Å². The van der Waals surface area contributed by atoms with Gasteiger partial charge in [0.1, 0.15) is 18.1 Å². The summed E-state index contributed by atoms with van der Waals surface area (Å²) in [5.41, 5.74) is 1.83. The van der Waals surface area contributed by atoms with E-state index in [-0.39, 0.29) is 24.8 Å². The van der Waals surface area contributed by atoms with Gasteiger partial charge in [-0.2, -0.15) is 0 Å². The molecule has 6 heteroatoms. The number of fused-ring (bicyclic) bond motifs is 1. The molecule has 0 unspecified atom stereocenters. The van der Waals surface area contributed by atoms with Gasteiger partial charge in [0.25, 0.3) is 5.91 Å². The molecule has 0 radical (unpaired) electrons. The van der Waals surface area contributed by atoms with Gasteiger partial charge in [0.2, 0.25) is 5.91 Å². The van der Waals surface area contributed by atoms with Gasteiger partial charge in [-0.3, -0.25) is 9.59 Å². The van der Waals surface area contributed by atoms with Crippen molar-refractivity contribution in [2.24, 2.45) is 0 Å². The molecule has 0 atom stereocenters. The lowest BCUT2D eigenvalue weighted by molar-refractivity contribution is -0.122. The molecular weight excluding hydrogens is 332 g/mol. The number of rotatable bonds is 7. The van der Waals surface area contributed by atoms with Crippen LogP contribution < -0.4 is 19.7 Å². The first-order valence-electron chi connectivity index (χ1n) is 8.62. The topological polar surface area (TPSA) is 67.9 Å². The van der Waals surface area contributed by atoms with Crippen molar-refractivity contribution in [3.8, 4) is 11.5 Å². The molecule has 1 heterocycles. The van der Waals surface area contributed by atoms with Gasteiger partial charge in [0.05, 0.1) is 12.2 Å². The highest BCUT2D eigenvalue weighted by atomic mass is 16.5. The fourth-order valence-corrected chi connectivity index (χ4v) is 2.77. The fourth-order valence-electron chi connectivity index (χ4n) is 2.77. The largest absolute Gasteiger partial charge is 0.492 e. The number of benzene rings is 2. The number of carbonyl (C=O) groups is 2. The van der Waals surface area contributed by atoms with E-state index >= 15 is 0 Å². The Labute approximate surface area is 152 Å². The minimum absolute atomic E-state index is 0.00294. The van der Waals surface area contributed by atoms with Crippen LogP contribution in [0.1, 0.15) is 12.0 Å². The summed E-state index contributed by atoms with van der Waals surface area (Å²) in [6.07, 6.45) is 0.227. The van der Waals surface area contributed by atoms with E-state index in [1.165, 1.54) is 0 Å². The molecular formula is C20H22N2O4. The zero-order chi connectivity index (χ0) is 18.4. The molecule has 0 aliphatic carbocycles. The number of anilines is 1. The summed E-state index contributed by atoms with van der Waals surface area (Å²) in [6.45, 7) is 3.14. The van der Waals surface area contributed by atoms with Gasteiger partial charge >= 0.3 is 0 Å². The number of ether oxygens (including phenoxy) is 2. The lowest BCUT2D eigenvalue weighted by Crippen LogP contribution is -2.41. The van der Waals surface area contributed by atoms with Crippen molar-refractivity contribution in [1.29, 1.82) is 0 Å². The van der Waals surface area contributed by atoms with E-state index in [0.29, 0.717) is 31.1 Å². The number of carbonyl (C=O) groups excluding carboxylic acids is 2. The average Bonchev–Trinajstić information content (AvgIpc) is 2.64. The number of nitrogens with zero attached hydrogens (tertiary/aromatic N) is 1. The molecule has 0 saturated heterocycles. The summed E-state index contributed by atoms with van der Waals surface area (Å²) >= 11 is 0. The molecule has 2 amide bonds. The maximum Gasteiger partial charge on any atom is 0.265 e. The van der Waals surface area contributed by atoms with Gasteiger partial charge in [0, 0.05) is 13.0 Å². The van der Waals surface area contributed by atoms with Crippen LogP contribution in [0.2, 0.25) is 0 Å². The van der Waals surface area contributed by atoms with Gasteiger partial charge in [-0.25, -0.2) is 0 Å². The third-order valence-electron chi connectivity index (χ3n) is 4.05. The first kappa shape index (κ1) is 17.8. The zero-order valence-corrected chi connectivity index (χ0v) is 14.7. The average molecular weight is 354 g/mol. The van der Waals surface area contributed by atoms with Crippen LogP contribution in [0.5, 0.6) is 11.5 Å². The van der Waals surface area contributed by atoms with Gasteiger partial charge < -0.3 is 19.7 Å². The third kappa shape index (κ3) is 4.53. The van der Waals surface area contributed by atoms with Gasteiger partial charge in [-0.1, -0.05) is 24.3 Å². The van der Waals surface area contributed by atoms with Crippen LogP contribution in [0.25, 0.3) is 0 Å². The molecule has 1 N–H and O–H groups in total. The highest BCUT2D eigenvalue weighted by molar-refractivity contribution is 5.98. The molecule has 0 saturated carbocycles. The summed E-state index contributed by atoms with van der Waals surface area (Å²) in [7, 11) is 0. The number of amides is 2. The Kier molecular flexibility index (Phi) is 5.73. The first-order valence-corrected chi connectivity index (χ1v) is 8.62. The molecule has 2 aromatic carbocycles. The van der Waals surface area contributed by atoms with E-state index in [4.69, 9.17) is 9.47 Å². The summed E-state index contributed by atoms with van der Waals surface area (Å²) in [6, 6.07) is 15.1. The van der Waals surface area contributed by atoms with Crippen LogP contribution in [0.3, 0.4) is 0 Å². The van der Waals surface area contributed by atoms with Crippen molar-refractivity contribution in [2.75, 3.05) is 31.2 Å². The maximum absolute atomic E-state index is 12.1. The van der Waals surface area contributed by atoms with Crippen molar-refractivity contribution in [2.45, 2.75) is 13.3 Å². The molecule has 0 spiro atoms. The Hall–Kier alpha value is -3.02. The van der Waals surface area contributed by atoms with Crippen molar-refractivity contribution >= 4 is 17.5 Å². The quantitative estimate of drug-likeness (QED) is 0.775. The maximum atomic E-state index is 12.1. The monoisotopic (exact) mass is 354 g/mol. The predicted molar refractivity (Wildman–Crippen MR) is 98.6 cm³/mol. The van der Waals surface area contributed by atoms with Crippen LogP contribution in [0, 0.1) is 6.92 Å². The zero-order valence-electron chi connectivity index (χ0n) is 14.7. The summed E-state index contributed by atoms with van der Waals surface area (Å²) in [5, 5.41) is 2.81. The Morgan fingerprint density at radius 2 is 2.08 bits per heavy atom. The van der Waals surface area contributed by atoms with E-state index in [0.717, 1.165) is 11.3 Å². The van der Waals surface area contributed by atoms with Crippen LogP contribution in [0.4, 0.5) is 5.69 Å². The van der Waals surface area contributed by atoms with Crippen molar-refractivity contribution in [3.05, 3.63) is 54.1 Å². The van der Waals surface area contributed by atoms with Crippen LogP contribution in [-0.2, 0) is 9.59 Å². The minimum Gasteiger partial charge on any atom is -0.492 e. The molecule has 3 rings (SSSR count). The molecule has 1 aliphatic rings. The van der Waals surface area contributed by atoms with E-state index in [9.17, 15) is 9.59 Å². The standard InChI is InChI=1S/C20H22N2O4/c1-15-5-4-6-16(13-15)25-12-10-21-19(23)9-11-22-17-7-2-3-8-18(17)26-14-20(22)24/h2-8,13H,9-12,14H2,1H3,(H,21,23). The highest BCUT2D eigenvalue weighted by Gasteiger charge is 2.25. The molecule has 6 nitrogen and oxygen atoms in total. The molecule has 0 fully saturated rings. The number of aryl methyl sites for hydroxylation is 1. The van der Waals surface area contributed by atoms with Crippen molar-refractivity contribution < 1.29 is 19.1 Å². The molecule has 136 valence electrons. The molecule has 26 heavy (non-hydrogen) atoms. The molecule has 1 aliphatic heterocycles.